The number of fused-ring (bicyclic) bond motifs is 1. The zero-order chi connectivity index (χ0) is 27.5. The molecule has 2 aliphatic rings. The molecule has 10 nitrogen and oxygen atoms in total. The first-order chi connectivity index (χ1) is 18.8. The van der Waals surface area contributed by atoms with E-state index in [0.717, 1.165) is 29.7 Å². The molecule has 11 heteroatoms. The number of aromatic nitrogens is 2. The van der Waals surface area contributed by atoms with Gasteiger partial charge in [0.05, 0.1) is 6.04 Å². The van der Waals surface area contributed by atoms with Crippen molar-refractivity contribution in [2.75, 3.05) is 25.2 Å². The molecule has 1 saturated heterocycles. The van der Waals surface area contributed by atoms with E-state index in [1.165, 1.54) is 11.1 Å². The van der Waals surface area contributed by atoms with Gasteiger partial charge in [-0.25, -0.2) is 0 Å². The smallest absolute Gasteiger partial charge is 0.286 e. The van der Waals surface area contributed by atoms with E-state index in [4.69, 9.17) is 9.47 Å². The Bertz CT molecular complexity index is 1400. The van der Waals surface area contributed by atoms with Gasteiger partial charge in [-0.15, -0.1) is 10.2 Å². The normalized spacial score (nSPS) is 15.6. The van der Waals surface area contributed by atoms with Crippen LogP contribution in [0.2, 0.25) is 0 Å². The third-order valence-corrected chi connectivity index (χ3v) is 8.13. The molecular weight excluding hydrogens is 518 g/mol. The van der Waals surface area contributed by atoms with Crippen LogP contribution >= 0.6 is 11.3 Å². The van der Waals surface area contributed by atoms with Crippen molar-refractivity contribution < 1.29 is 23.9 Å². The quantitative estimate of drug-likeness (QED) is 0.452. The number of piperidine rings is 1. The Hall–Kier alpha value is -3.99. The summed E-state index contributed by atoms with van der Waals surface area (Å²) in [6, 6.07) is 11.3. The Kier molecular flexibility index (Phi) is 7.78. The molecule has 0 spiro atoms. The molecule has 1 unspecified atom stereocenters. The summed E-state index contributed by atoms with van der Waals surface area (Å²) < 4.78 is 10.6. The zero-order valence-electron chi connectivity index (χ0n) is 22.2. The highest BCUT2D eigenvalue weighted by atomic mass is 32.1. The van der Waals surface area contributed by atoms with E-state index in [2.05, 4.69) is 52.9 Å². The van der Waals surface area contributed by atoms with Crippen molar-refractivity contribution in [1.82, 2.24) is 20.4 Å². The highest BCUT2D eigenvalue weighted by molar-refractivity contribution is 7.15. The number of amides is 3. The van der Waals surface area contributed by atoms with Crippen molar-refractivity contribution in [2.45, 2.75) is 46.1 Å². The fourth-order valence-corrected chi connectivity index (χ4v) is 5.42. The van der Waals surface area contributed by atoms with Crippen molar-refractivity contribution in [1.29, 1.82) is 0 Å². The van der Waals surface area contributed by atoms with Gasteiger partial charge in [-0.1, -0.05) is 29.5 Å². The Morgan fingerprint density at radius 3 is 2.51 bits per heavy atom. The van der Waals surface area contributed by atoms with E-state index in [-0.39, 0.29) is 40.6 Å². The lowest BCUT2D eigenvalue weighted by molar-refractivity contribution is -0.122. The standard InChI is InChI=1S/C28H31N5O5S/c1-16-4-5-20(12-17(16)2)18(3)29-24(34)13-19-8-10-33(11-9-19)28(36)27-32-31-26(39-27)25(35)30-21-6-7-22-23(14-21)38-15-37-22/h4-7,12,14,18-19H,8-11,13,15H2,1-3H3,(H,29,34)(H,30,35). The number of nitrogens with one attached hydrogen (secondary N) is 2. The van der Waals surface area contributed by atoms with Crippen LogP contribution in [-0.2, 0) is 4.79 Å². The van der Waals surface area contributed by atoms with Crippen molar-refractivity contribution in [3.8, 4) is 11.5 Å². The number of anilines is 1. The molecular formula is C28H31N5O5S. The molecule has 204 valence electrons. The molecule has 5 rings (SSSR count). The van der Waals surface area contributed by atoms with Crippen LogP contribution in [0.3, 0.4) is 0 Å². The van der Waals surface area contributed by atoms with E-state index in [9.17, 15) is 14.4 Å². The van der Waals surface area contributed by atoms with Gasteiger partial charge in [0.15, 0.2) is 11.5 Å². The maximum atomic E-state index is 13.0. The molecule has 1 atom stereocenters. The van der Waals surface area contributed by atoms with Gasteiger partial charge in [0.2, 0.25) is 22.7 Å². The largest absolute Gasteiger partial charge is 0.454 e. The maximum absolute atomic E-state index is 13.0. The summed E-state index contributed by atoms with van der Waals surface area (Å²) in [7, 11) is 0. The second-order valence-electron chi connectivity index (χ2n) is 10.0. The number of hydrogen-bond acceptors (Lipinski definition) is 8. The number of aryl methyl sites for hydroxylation is 2. The third-order valence-electron chi connectivity index (χ3n) is 7.22. The van der Waals surface area contributed by atoms with E-state index < -0.39 is 5.91 Å². The molecule has 0 bridgehead atoms. The molecule has 1 aromatic heterocycles. The van der Waals surface area contributed by atoms with Crippen LogP contribution in [0, 0.1) is 19.8 Å². The van der Waals surface area contributed by atoms with E-state index in [0.29, 0.717) is 36.7 Å². The van der Waals surface area contributed by atoms with Crippen molar-refractivity contribution in [2.24, 2.45) is 5.92 Å². The number of benzene rings is 2. The summed E-state index contributed by atoms with van der Waals surface area (Å²) in [5.74, 6) is 0.697. The minimum Gasteiger partial charge on any atom is -0.454 e. The Morgan fingerprint density at radius 1 is 1.00 bits per heavy atom. The fourth-order valence-electron chi connectivity index (χ4n) is 4.72. The monoisotopic (exact) mass is 549 g/mol. The summed E-state index contributed by atoms with van der Waals surface area (Å²) >= 11 is 0.960. The van der Waals surface area contributed by atoms with E-state index >= 15 is 0 Å². The number of carbonyl (C=O) groups excluding carboxylic acids is 3. The molecule has 3 aromatic rings. The number of rotatable bonds is 7. The molecule has 3 amide bonds. The van der Waals surface area contributed by atoms with Crippen LogP contribution in [0.4, 0.5) is 5.69 Å². The first-order valence-corrected chi connectivity index (χ1v) is 13.8. The Labute approximate surface area is 230 Å². The van der Waals surface area contributed by atoms with Crippen LogP contribution in [0.1, 0.15) is 68.5 Å². The van der Waals surface area contributed by atoms with Gasteiger partial charge in [0.25, 0.3) is 11.8 Å². The summed E-state index contributed by atoms with van der Waals surface area (Å²) in [5.41, 5.74) is 4.06. The number of hydrogen-bond donors (Lipinski definition) is 2. The lowest BCUT2D eigenvalue weighted by atomic mass is 9.93. The molecule has 2 N–H and O–H groups in total. The Morgan fingerprint density at radius 2 is 1.74 bits per heavy atom. The van der Waals surface area contributed by atoms with Gasteiger partial charge in [-0.3, -0.25) is 14.4 Å². The molecule has 1 fully saturated rings. The SMILES string of the molecule is Cc1ccc(C(C)NC(=O)CC2CCN(C(=O)c3nnc(C(=O)Nc4ccc5c(c4)OCO5)s3)CC2)cc1C. The first kappa shape index (κ1) is 26.6. The van der Waals surface area contributed by atoms with Gasteiger partial charge >= 0.3 is 0 Å². The molecule has 2 aromatic carbocycles. The molecule has 3 heterocycles. The number of nitrogens with zero attached hydrogens (tertiary/aromatic N) is 3. The number of ether oxygens (including phenoxy) is 2. The molecule has 0 saturated carbocycles. The van der Waals surface area contributed by atoms with Crippen molar-refractivity contribution in [3.05, 3.63) is 63.1 Å². The van der Waals surface area contributed by atoms with Crippen molar-refractivity contribution in [3.63, 3.8) is 0 Å². The van der Waals surface area contributed by atoms with Crippen LogP contribution < -0.4 is 20.1 Å². The minimum absolute atomic E-state index is 0.0211. The van der Waals surface area contributed by atoms with Gasteiger partial charge in [0.1, 0.15) is 0 Å². The predicted octanol–water partition coefficient (Wildman–Crippen LogP) is 4.26. The van der Waals surface area contributed by atoms with Gasteiger partial charge < -0.3 is 25.0 Å². The molecule has 2 aliphatic heterocycles. The molecule has 0 radical (unpaired) electrons. The second kappa shape index (κ2) is 11.4. The summed E-state index contributed by atoms with van der Waals surface area (Å²) in [4.78, 5) is 40.0. The number of carbonyl (C=O) groups is 3. The average Bonchev–Trinajstić information content (AvgIpc) is 3.60. The predicted molar refractivity (Wildman–Crippen MR) is 146 cm³/mol. The maximum Gasteiger partial charge on any atom is 0.286 e. The van der Waals surface area contributed by atoms with E-state index in [1.807, 2.05) is 6.92 Å². The van der Waals surface area contributed by atoms with Crippen LogP contribution in [0.5, 0.6) is 11.5 Å². The molecule has 0 aliphatic carbocycles. The second-order valence-corrected chi connectivity index (χ2v) is 11.0. The topological polar surface area (TPSA) is 123 Å². The highest BCUT2D eigenvalue weighted by Crippen LogP contribution is 2.34. The van der Waals surface area contributed by atoms with Gasteiger partial charge in [0, 0.05) is 31.3 Å². The first-order valence-electron chi connectivity index (χ1n) is 13.0. The van der Waals surface area contributed by atoms with Crippen molar-refractivity contribution >= 4 is 34.7 Å². The molecule has 39 heavy (non-hydrogen) atoms. The van der Waals surface area contributed by atoms with Gasteiger partial charge in [-0.05, 0) is 68.4 Å². The lowest BCUT2D eigenvalue weighted by Gasteiger charge is -2.31. The summed E-state index contributed by atoms with van der Waals surface area (Å²) in [5, 5.41) is 14.0. The minimum atomic E-state index is -0.454. The van der Waals surface area contributed by atoms with Crippen LogP contribution in [-0.4, -0.2) is 52.7 Å². The third kappa shape index (κ3) is 6.19. The average molecular weight is 550 g/mol. The lowest BCUT2D eigenvalue weighted by Crippen LogP contribution is -2.39. The van der Waals surface area contributed by atoms with E-state index in [1.54, 1.807) is 23.1 Å². The highest BCUT2D eigenvalue weighted by Gasteiger charge is 2.28. The Balaban J connectivity index is 1.09. The fraction of sp³-hybridized carbons (Fsp3) is 0.393. The van der Waals surface area contributed by atoms with Gasteiger partial charge in [-0.2, -0.15) is 0 Å². The number of likely N-dealkylation sites (tertiary alicyclic amines) is 1. The van der Waals surface area contributed by atoms with Crippen LogP contribution in [0.15, 0.2) is 36.4 Å². The van der Waals surface area contributed by atoms with Crippen LogP contribution in [0.25, 0.3) is 0 Å². The zero-order valence-corrected chi connectivity index (χ0v) is 23.0. The summed E-state index contributed by atoms with van der Waals surface area (Å²) in [6.07, 6.45) is 1.89. The summed E-state index contributed by atoms with van der Waals surface area (Å²) in [6.45, 7) is 7.34.